The van der Waals surface area contributed by atoms with Crippen LogP contribution in [-0.2, 0) is 12.3 Å². The number of hydrogen-bond acceptors (Lipinski definition) is 6. The topological polar surface area (TPSA) is 67.8 Å². The van der Waals surface area contributed by atoms with Crippen LogP contribution in [0.15, 0.2) is 47.6 Å². The Balaban J connectivity index is 1.54. The second kappa shape index (κ2) is 8.42. The lowest BCUT2D eigenvalue weighted by Crippen LogP contribution is -2.22. The monoisotopic (exact) mass is 390 g/mol. The molecular weight excluding hydrogens is 376 g/mol. The number of carbonyl (C=O) groups excluding carboxylic acids is 1. The van der Waals surface area contributed by atoms with Gasteiger partial charge in [-0.3, -0.25) is 4.79 Å². The number of nitrogens with one attached hydrogen (secondary N) is 1. The van der Waals surface area contributed by atoms with E-state index >= 15 is 0 Å². The number of aryl methyl sites for hydroxylation is 1. The third-order valence-corrected chi connectivity index (χ3v) is 5.83. The van der Waals surface area contributed by atoms with E-state index in [2.05, 4.69) is 20.5 Å². The second-order valence-corrected chi connectivity index (χ2v) is 7.68. The molecule has 1 aromatic carbocycles. The average Bonchev–Trinajstić information content (AvgIpc) is 3.09. The Morgan fingerprint density at radius 1 is 1.24 bits per heavy atom. The Morgan fingerprint density at radius 3 is 2.80 bits per heavy atom. The minimum atomic E-state index is -0.217. The summed E-state index contributed by atoms with van der Waals surface area (Å²) in [5.74, 6) is 0.352. The lowest BCUT2D eigenvalue weighted by atomic mass is 10.1. The molecule has 0 unspecified atom stereocenters. The van der Waals surface area contributed by atoms with Crippen LogP contribution in [0.2, 0.25) is 5.02 Å². The van der Waals surface area contributed by atoms with Crippen LogP contribution in [0.25, 0.3) is 0 Å². The van der Waals surface area contributed by atoms with Crippen molar-refractivity contribution < 1.29 is 4.79 Å². The van der Waals surface area contributed by atoms with Crippen molar-refractivity contribution in [3.05, 3.63) is 68.8 Å². The molecule has 8 heteroatoms. The summed E-state index contributed by atoms with van der Waals surface area (Å²) in [6.07, 6.45) is 1.69. The van der Waals surface area contributed by atoms with Crippen LogP contribution >= 0.6 is 34.7 Å². The lowest BCUT2D eigenvalue weighted by Gasteiger charge is -2.03. The summed E-state index contributed by atoms with van der Waals surface area (Å²) in [5, 5.41) is 13.3. The number of amides is 1. The van der Waals surface area contributed by atoms with Crippen molar-refractivity contribution in [3.8, 4) is 0 Å². The van der Waals surface area contributed by atoms with E-state index in [4.69, 9.17) is 11.6 Å². The van der Waals surface area contributed by atoms with Gasteiger partial charge in [0.05, 0.1) is 10.8 Å². The van der Waals surface area contributed by atoms with Gasteiger partial charge in [-0.25, -0.2) is 4.98 Å². The highest BCUT2D eigenvalue weighted by Crippen LogP contribution is 2.28. The van der Waals surface area contributed by atoms with Crippen LogP contribution < -0.4 is 5.32 Å². The summed E-state index contributed by atoms with van der Waals surface area (Å²) in [6.45, 7) is 2.49. The number of hydrogen-bond donors (Lipinski definition) is 1. The quantitative estimate of drug-likeness (QED) is 0.641. The molecule has 0 fully saturated rings. The van der Waals surface area contributed by atoms with Crippen LogP contribution in [0.5, 0.6) is 0 Å². The fourth-order valence-electron chi connectivity index (χ4n) is 1.98. The number of aromatic nitrogens is 3. The van der Waals surface area contributed by atoms with Crippen LogP contribution in [0.3, 0.4) is 0 Å². The van der Waals surface area contributed by atoms with Crippen molar-refractivity contribution in [1.29, 1.82) is 0 Å². The highest BCUT2D eigenvalue weighted by atomic mass is 35.5. The first-order valence-electron chi connectivity index (χ1n) is 7.51. The molecule has 3 aromatic rings. The molecule has 0 spiro atoms. The van der Waals surface area contributed by atoms with Gasteiger partial charge in [0, 0.05) is 12.7 Å². The number of thioether (sulfide) groups is 1. The molecule has 2 heterocycles. The van der Waals surface area contributed by atoms with E-state index in [-0.39, 0.29) is 5.91 Å². The molecule has 128 valence electrons. The van der Waals surface area contributed by atoms with Crippen molar-refractivity contribution in [3.63, 3.8) is 0 Å². The van der Waals surface area contributed by atoms with Gasteiger partial charge in [-0.2, -0.15) is 0 Å². The average molecular weight is 391 g/mol. The maximum Gasteiger partial charge on any atom is 0.282 e. The fourth-order valence-corrected chi connectivity index (χ4v) is 3.88. The predicted molar refractivity (Wildman–Crippen MR) is 101 cm³/mol. The number of nitrogens with zero attached hydrogens (tertiary/aromatic N) is 3. The van der Waals surface area contributed by atoms with Crippen LogP contribution in [-0.4, -0.2) is 21.1 Å². The molecule has 0 saturated heterocycles. The zero-order chi connectivity index (χ0) is 17.6. The van der Waals surface area contributed by atoms with Crippen LogP contribution in [0.4, 0.5) is 0 Å². The highest BCUT2D eigenvalue weighted by Gasteiger charge is 2.13. The minimum absolute atomic E-state index is 0.217. The van der Waals surface area contributed by atoms with Gasteiger partial charge >= 0.3 is 0 Å². The van der Waals surface area contributed by atoms with Crippen molar-refractivity contribution in [2.75, 3.05) is 0 Å². The third kappa shape index (κ3) is 5.01. The van der Waals surface area contributed by atoms with Crippen molar-refractivity contribution in [2.45, 2.75) is 24.2 Å². The molecule has 1 amide bonds. The number of pyridine rings is 1. The van der Waals surface area contributed by atoms with Gasteiger partial charge in [-0.15, -0.1) is 10.2 Å². The van der Waals surface area contributed by atoms with E-state index in [9.17, 15) is 4.79 Å². The minimum Gasteiger partial charge on any atom is -0.346 e. The summed E-state index contributed by atoms with van der Waals surface area (Å²) in [7, 11) is 0. The maximum absolute atomic E-state index is 12.2. The van der Waals surface area contributed by atoms with Gasteiger partial charge in [0.2, 0.25) is 5.01 Å². The summed E-state index contributed by atoms with van der Waals surface area (Å²) in [5.41, 5.74) is 2.23. The van der Waals surface area contributed by atoms with E-state index in [1.54, 1.807) is 18.3 Å². The van der Waals surface area contributed by atoms with E-state index in [0.29, 0.717) is 22.3 Å². The van der Waals surface area contributed by atoms with E-state index in [1.165, 1.54) is 28.7 Å². The SMILES string of the molecule is Cc1ccc(CNC(=O)c2nnc(CSc3ncccc3Cl)s2)cc1. The highest BCUT2D eigenvalue weighted by molar-refractivity contribution is 7.98. The Labute approximate surface area is 158 Å². The second-order valence-electron chi connectivity index (χ2n) is 5.25. The Bertz CT molecular complexity index is 867. The van der Waals surface area contributed by atoms with Gasteiger partial charge in [-0.05, 0) is 24.6 Å². The summed E-state index contributed by atoms with van der Waals surface area (Å²) >= 11 is 8.82. The molecule has 0 atom stereocenters. The molecule has 0 aliphatic heterocycles. The van der Waals surface area contributed by atoms with E-state index in [0.717, 1.165) is 15.6 Å². The molecule has 0 radical (unpaired) electrons. The van der Waals surface area contributed by atoms with Gasteiger partial charge in [0.15, 0.2) is 0 Å². The lowest BCUT2D eigenvalue weighted by molar-refractivity contribution is 0.0950. The third-order valence-electron chi connectivity index (χ3n) is 3.29. The number of benzene rings is 1. The number of rotatable bonds is 6. The van der Waals surface area contributed by atoms with Crippen molar-refractivity contribution in [2.24, 2.45) is 0 Å². The summed E-state index contributed by atoms with van der Waals surface area (Å²) < 4.78 is 0. The van der Waals surface area contributed by atoms with Crippen LogP contribution in [0, 0.1) is 6.92 Å². The summed E-state index contributed by atoms with van der Waals surface area (Å²) in [6, 6.07) is 11.6. The van der Waals surface area contributed by atoms with E-state index < -0.39 is 0 Å². The van der Waals surface area contributed by atoms with Gasteiger partial charge < -0.3 is 5.32 Å². The molecule has 5 nitrogen and oxygen atoms in total. The maximum atomic E-state index is 12.2. The molecule has 0 aliphatic rings. The molecule has 2 aromatic heterocycles. The first-order chi connectivity index (χ1) is 12.1. The molecular formula is C17H15ClN4OS2. The Kier molecular flexibility index (Phi) is 6.01. The van der Waals surface area contributed by atoms with Gasteiger partial charge in [0.1, 0.15) is 10.0 Å². The Morgan fingerprint density at radius 2 is 2.04 bits per heavy atom. The first-order valence-corrected chi connectivity index (χ1v) is 9.69. The smallest absolute Gasteiger partial charge is 0.282 e. The zero-order valence-electron chi connectivity index (χ0n) is 13.4. The molecule has 25 heavy (non-hydrogen) atoms. The molecule has 0 aliphatic carbocycles. The molecule has 3 rings (SSSR count). The Hall–Kier alpha value is -1.96. The zero-order valence-corrected chi connectivity index (χ0v) is 15.8. The molecule has 1 N–H and O–H groups in total. The number of halogens is 1. The summed E-state index contributed by atoms with van der Waals surface area (Å²) in [4.78, 5) is 16.4. The van der Waals surface area contributed by atoms with Crippen molar-refractivity contribution >= 4 is 40.6 Å². The van der Waals surface area contributed by atoms with Gasteiger partial charge in [-0.1, -0.05) is 64.5 Å². The van der Waals surface area contributed by atoms with Crippen molar-refractivity contribution in [1.82, 2.24) is 20.5 Å². The van der Waals surface area contributed by atoms with Crippen LogP contribution in [0.1, 0.15) is 25.9 Å². The first kappa shape index (κ1) is 17.8. The largest absolute Gasteiger partial charge is 0.346 e. The molecule has 0 saturated carbocycles. The normalized spacial score (nSPS) is 10.6. The number of carbonyl (C=O) groups is 1. The van der Waals surface area contributed by atoms with E-state index in [1.807, 2.05) is 31.2 Å². The standard InChI is InChI=1S/C17H15ClN4OS2/c1-11-4-6-12(7-5-11)9-20-15(23)17-22-21-14(25-17)10-24-16-13(18)3-2-8-19-16/h2-8H,9-10H2,1H3,(H,20,23). The predicted octanol–water partition coefficient (Wildman–Crippen LogP) is 4.12. The molecule has 0 bridgehead atoms. The fraction of sp³-hybridized carbons (Fsp3) is 0.176. The van der Waals surface area contributed by atoms with Gasteiger partial charge in [0.25, 0.3) is 5.91 Å².